The molecule has 0 bridgehead atoms. The summed E-state index contributed by atoms with van der Waals surface area (Å²) in [6.45, 7) is 11.3. The van der Waals surface area contributed by atoms with Gasteiger partial charge in [-0.05, 0) is 26.0 Å². The molecule has 0 aromatic heterocycles. The first-order valence-corrected chi connectivity index (χ1v) is 5.10. The molecule has 1 atom stereocenters. The van der Waals surface area contributed by atoms with Crippen LogP contribution in [0.4, 0.5) is 0 Å². The molecular formula is C13H19N. The van der Waals surface area contributed by atoms with Crippen molar-refractivity contribution in [2.75, 3.05) is 6.54 Å². The largest absolute Gasteiger partial charge is 0.307 e. The predicted molar refractivity (Wildman–Crippen MR) is 62.4 cm³/mol. The fourth-order valence-corrected chi connectivity index (χ4v) is 1.54. The van der Waals surface area contributed by atoms with E-state index < -0.39 is 0 Å². The molecule has 0 spiro atoms. The second kappa shape index (κ2) is 4.97. The first kappa shape index (κ1) is 11.0. The van der Waals surface area contributed by atoms with Crippen LogP contribution in [0, 0.1) is 6.92 Å². The van der Waals surface area contributed by atoms with E-state index in [1.807, 2.05) is 0 Å². The highest BCUT2D eigenvalue weighted by atomic mass is 14.9. The number of benzene rings is 1. The summed E-state index contributed by atoms with van der Waals surface area (Å²) < 4.78 is 0. The lowest BCUT2D eigenvalue weighted by molar-refractivity contribution is 0.621. The van der Waals surface area contributed by atoms with E-state index in [9.17, 15) is 0 Å². The fraction of sp³-hybridized carbons (Fsp3) is 0.385. The van der Waals surface area contributed by atoms with Crippen molar-refractivity contribution in [2.45, 2.75) is 26.8 Å². The molecule has 0 heterocycles. The van der Waals surface area contributed by atoms with Crippen molar-refractivity contribution in [3.05, 3.63) is 47.5 Å². The van der Waals surface area contributed by atoms with Crippen LogP contribution in [-0.4, -0.2) is 6.54 Å². The van der Waals surface area contributed by atoms with Crippen molar-refractivity contribution in [1.29, 1.82) is 0 Å². The zero-order valence-electron chi connectivity index (χ0n) is 9.30. The second-order valence-corrected chi connectivity index (χ2v) is 3.75. The Morgan fingerprint density at radius 3 is 2.36 bits per heavy atom. The van der Waals surface area contributed by atoms with E-state index >= 15 is 0 Å². The average molecular weight is 189 g/mol. The molecular weight excluding hydrogens is 170 g/mol. The van der Waals surface area contributed by atoms with Crippen molar-refractivity contribution in [1.82, 2.24) is 5.32 Å². The summed E-state index contributed by atoms with van der Waals surface area (Å²) in [5, 5.41) is 3.42. The molecule has 14 heavy (non-hydrogen) atoms. The quantitative estimate of drug-likeness (QED) is 0.717. The Hall–Kier alpha value is -1.08. The summed E-state index contributed by atoms with van der Waals surface area (Å²) in [6, 6.07) is 8.90. The molecule has 1 heteroatoms. The van der Waals surface area contributed by atoms with Gasteiger partial charge in [-0.15, -0.1) is 0 Å². The number of hydrogen-bond acceptors (Lipinski definition) is 1. The molecule has 0 saturated heterocycles. The third-order valence-corrected chi connectivity index (χ3v) is 2.31. The Bertz CT molecular complexity index is 298. The molecule has 1 aromatic rings. The van der Waals surface area contributed by atoms with Crippen LogP contribution < -0.4 is 5.32 Å². The first-order valence-electron chi connectivity index (χ1n) is 5.10. The van der Waals surface area contributed by atoms with Crippen molar-refractivity contribution in [3.63, 3.8) is 0 Å². The third-order valence-electron chi connectivity index (χ3n) is 2.31. The van der Waals surface area contributed by atoms with E-state index in [2.05, 4.69) is 56.9 Å². The molecule has 0 fully saturated rings. The number of aryl methyl sites for hydroxylation is 1. The van der Waals surface area contributed by atoms with Crippen LogP contribution in [0.5, 0.6) is 0 Å². The zero-order valence-corrected chi connectivity index (χ0v) is 9.30. The molecule has 0 aliphatic rings. The van der Waals surface area contributed by atoms with Crippen molar-refractivity contribution in [3.8, 4) is 0 Å². The molecule has 0 amide bonds. The smallest absolute Gasteiger partial charge is 0.0530 e. The van der Waals surface area contributed by atoms with Gasteiger partial charge in [0.05, 0.1) is 6.04 Å². The topological polar surface area (TPSA) is 12.0 Å². The molecule has 1 nitrogen and oxygen atoms in total. The number of hydrogen-bond donors (Lipinski definition) is 1. The summed E-state index contributed by atoms with van der Waals surface area (Å²) >= 11 is 0. The molecule has 0 aliphatic carbocycles. The van der Waals surface area contributed by atoms with E-state index in [0.717, 1.165) is 12.1 Å². The number of likely N-dealkylation sites (N-methyl/N-ethyl adjacent to an activating group) is 1. The van der Waals surface area contributed by atoms with Gasteiger partial charge in [-0.2, -0.15) is 0 Å². The molecule has 1 unspecified atom stereocenters. The van der Waals surface area contributed by atoms with Crippen LogP contribution >= 0.6 is 0 Å². The summed E-state index contributed by atoms with van der Waals surface area (Å²) in [5.74, 6) is 0. The van der Waals surface area contributed by atoms with Gasteiger partial charge in [-0.1, -0.05) is 48.9 Å². The highest BCUT2D eigenvalue weighted by Gasteiger charge is 2.09. The summed E-state index contributed by atoms with van der Waals surface area (Å²) in [7, 11) is 0. The molecule has 1 rings (SSSR count). The van der Waals surface area contributed by atoms with E-state index in [4.69, 9.17) is 0 Å². The van der Waals surface area contributed by atoms with E-state index in [0.29, 0.717) is 6.04 Å². The molecule has 0 saturated carbocycles. The lowest BCUT2D eigenvalue weighted by Crippen LogP contribution is -2.21. The van der Waals surface area contributed by atoms with Gasteiger partial charge in [0.1, 0.15) is 0 Å². The Kier molecular flexibility index (Phi) is 3.90. The SMILES string of the molecule is C=C(C)C(NCC)c1ccc(C)cc1. The minimum atomic E-state index is 0.292. The first-order chi connectivity index (χ1) is 6.65. The maximum atomic E-state index is 4.01. The van der Waals surface area contributed by atoms with Gasteiger partial charge in [0.2, 0.25) is 0 Å². The number of nitrogens with one attached hydrogen (secondary N) is 1. The minimum absolute atomic E-state index is 0.292. The Balaban J connectivity index is 2.87. The predicted octanol–water partition coefficient (Wildman–Crippen LogP) is 3.22. The lowest BCUT2D eigenvalue weighted by atomic mass is 10.00. The minimum Gasteiger partial charge on any atom is -0.307 e. The van der Waals surface area contributed by atoms with Gasteiger partial charge in [0.15, 0.2) is 0 Å². The molecule has 1 aromatic carbocycles. The van der Waals surface area contributed by atoms with Gasteiger partial charge in [-0.25, -0.2) is 0 Å². The second-order valence-electron chi connectivity index (χ2n) is 3.75. The summed E-state index contributed by atoms with van der Waals surface area (Å²) in [5.41, 5.74) is 3.76. The van der Waals surface area contributed by atoms with Gasteiger partial charge >= 0.3 is 0 Å². The van der Waals surface area contributed by atoms with Crippen molar-refractivity contribution >= 4 is 0 Å². The van der Waals surface area contributed by atoms with Crippen LogP contribution in [0.2, 0.25) is 0 Å². The summed E-state index contributed by atoms with van der Waals surface area (Å²) in [6.07, 6.45) is 0. The zero-order chi connectivity index (χ0) is 10.6. The molecule has 0 radical (unpaired) electrons. The van der Waals surface area contributed by atoms with E-state index in [1.54, 1.807) is 0 Å². The van der Waals surface area contributed by atoms with Crippen LogP contribution in [0.15, 0.2) is 36.4 Å². The van der Waals surface area contributed by atoms with E-state index in [-0.39, 0.29) is 0 Å². The van der Waals surface area contributed by atoms with Gasteiger partial charge < -0.3 is 5.32 Å². The standard InChI is InChI=1S/C13H19N/c1-5-14-13(10(2)3)12-8-6-11(4)7-9-12/h6-9,13-14H,2,5H2,1,3-4H3. The van der Waals surface area contributed by atoms with Gasteiger partial charge in [0, 0.05) is 0 Å². The Labute approximate surface area is 86.8 Å². The third kappa shape index (κ3) is 2.71. The molecule has 76 valence electrons. The lowest BCUT2D eigenvalue weighted by Gasteiger charge is -2.18. The number of rotatable bonds is 4. The Morgan fingerprint density at radius 2 is 1.93 bits per heavy atom. The highest BCUT2D eigenvalue weighted by molar-refractivity contribution is 5.28. The van der Waals surface area contributed by atoms with Crippen LogP contribution in [-0.2, 0) is 0 Å². The maximum Gasteiger partial charge on any atom is 0.0530 e. The van der Waals surface area contributed by atoms with Crippen LogP contribution in [0.25, 0.3) is 0 Å². The van der Waals surface area contributed by atoms with Gasteiger partial charge in [-0.3, -0.25) is 0 Å². The molecule has 1 N–H and O–H groups in total. The average Bonchev–Trinajstić information content (AvgIpc) is 2.15. The van der Waals surface area contributed by atoms with Gasteiger partial charge in [0.25, 0.3) is 0 Å². The van der Waals surface area contributed by atoms with E-state index in [1.165, 1.54) is 11.1 Å². The van der Waals surface area contributed by atoms with Crippen molar-refractivity contribution < 1.29 is 0 Å². The fourth-order valence-electron chi connectivity index (χ4n) is 1.54. The maximum absolute atomic E-state index is 4.01. The monoisotopic (exact) mass is 189 g/mol. The molecule has 0 aliphatic heterocycles. The normalized spacial score (nSPS) is 12.5. The summed E-state index contributed by atoms with van der Waals surface area (Å²) in [4.78, 5) is 0. The highest BCUT2D eigenvalue weighted by Crippen LogP contribution is 2.19. The van der Waals surface area contributed by atoms with Crippen molar-refractivity contribution in [2.24, 2.45) is 0 Å². The van der Waals surface area contributed by atoms with Crippen LogP contribution in [0.3, 0.4) is 0 Å². The van der Waals surface area contributed by atoms with Crippen LogP contribution in [0.1, 0.15) is 31.0 Å². The Morgan fingerprint density at radius 1 is 1.36 bits per heavy atom.